The summed E-state index contributed by atoms with van der Waals surface area (Å²) in [6, 6.07) is 4.85. The van der Waals surface area contributed by atoms with Crippen molar-refractivity contribution in [3.63, 3.8) is 0 Å². The molecule has 0 radical (unpaired) electrons. The summed E-state index contributed by atoms with van der Waals surface area (Å²) in [4.78, 5) is 0. The van der Waals surface area contributed by atoms with E-state index in [0.717, 1.165) is 25.7 Å². The molecule has 2 saturated heterocycles. The van der Waals surface area contributed by atoms with Crippen LogP contribution in [-0.4, -0.2) is 26.5 Å². The highest BCUT2D eigenvalue weighted by Crippen LogP contribution is 2.27. The zero-order valence-corrected chi connectivity index (χ0v) is 13.1. The van der Waals surface area contributed by atoms with E-state index < -0.39 is 15.8 Å². The molecule has 2 aliphatic rings. The van der Waals surface area contributed by atoms with E-state index in [0.29, 0.717) is 17.6 Å². The lowest BCUT2D eigenvalue weighted by atomic mass is 10.0. The number of sulfonamides is 1. The van der Waals surface area contributed by atoms with E-state index in [9.17, 15) is 12.8 Å². The molecule has 116 valence electrons. The Morgan fingerprint density at radius 3 is 2.57 bits per heavy atom. The molecule has 0 aromatic heterocycles. The minimum atomic E-state index is -3.44. The molecule has 7 heteroatoms. The van der Waals surface area contributed by atoms with Gasteiger partial charge >= 0.3 is 0 Å². The van der Waals surface area contributed by atoms with Crippen molar-refractivity contribution >= 4 is 21.6 Å². The summed E-state index contributed by atoms with van der Waals surface area (Å²) in [5, 5.41) is 3.42. The first-order valence-electron chi connectivity index (χ1n) is 7.11. The van der Waals surface area contributed by atoms with Crippen LogP contribution in [0.3, 0.4) is 0 Å². The number of hydrogen-bond acceptors (Lipinski definition) is 3. The minimum absolute atomic E-state index is 0.00956. The lowest BCUT2D eigenvalue weighted by molar-refractivity contribution is 0.345. The molecule has 0 amide bonds. The molecule has 1 aromatic carbocycles. The summed E-state index contributed by atoms with van der Waals surface area (Å²) in [6.07, 6.45) is 3.91. The van der Waals surface area contributed by atoms with Crippen LogP contribution in [0.25, 0.3) is 0 Å². The minimum Gasteiger partial charge on any atom is -0.311 e. The van der Waals surface area contributed by atoms with E-state index in [2.05, 4.69) is 10.0 Å². The third-order valence-electron chi connectivity index (χ3n) is 4.16. The first kappa shape index (κ1) is 15.2. The van der Waals surface area contributed by atoms with E-state index >= 15 is 0 Å². The van der Waals surface area contributed by atoms with Gasteiger partial charge in [-0.15, -0.1) is 0 Å². The molecule has 3 rings (SSSR count). The van der Waals surface area contributed by atoms with Crippen molar-refractivity contribution in [1.29, 1.82) is 0 Å². The summed E-state index contributed by atoms with van der Waals surface area (Å²) >= 11 is 5.68. The summed E-state index contributed by atoms with van der Waals surface area (Å²) in [5.74, 6) is -0.715. The number of fused-ring (bicyclic) bond motifs is 2. The van der Waals surface area contributed by atoms with Gasteiger partial charge in [-0.05, 0) is 43.4 Å². The zero-order chi connectivity index (χ0) is 15.0. The monoisotopic (exact) mass is 332 g/mol. The normalized spacial score (nSPS) is 28.8. The third kappa shape index (κ3) is 3.74. The highest BCUT2D eigenvalue weighted by Gasteiger charge is 2.35. The van der Waals surface area contributed by atoms with Crippen LogP contribution in [0.15, 0.2) is 18.2 Å². The van der Waals surface area contributed by atoms with Crippen molar-refractivity contribution in [1.82, 2.24) is 10.0 Å². The molecule has 1 aromatic rings. The number of nitrogens with one attached hydrogen (secondary N) is 2. The molecule has 2 heterocycles. The third-order valence-corrected chi connectivity index (χ3v) is 5.86. The zero-order valence-electron chi connectivity index (χ0n) is 11.5. The Kier molecular flexibility index (Phi) is 4.23. The van der Waals surface area contributed by atoms with E-state index in [4.69, 9.17) is 11.6 Å². The van der Waals surface area contributed by atoms with E-state index in [1.807, 2.05) is 0 Å². The van der Waals surface area contributed by atoms with Gasteiger partial charge in [0, 0.05) is 18.1 Å². The van der Waals surface area contributed by atoms with E-state index in [1.165, 1.54) is 18.2 Å². The maximum atomic E-state index is 13.1. The van der Waals surface area contributed by atoms with Crippen molar-refractivity contribution in [2.45, 2.75) is 49.6 Å². The van der Waals surface area contributed by atoms with Crippen molar-refractivity contribution in [2.75, 3.05) is 0 Å². The van der Waals surface area contributed by atoms with Crippen LogP contribution in [0, 0.1) is 5.82 Å². The highest BCUT2D eigenvalue weighted by atomic mass is 35.5. The van der Waals surface area contributed by atoms with Crippen LogP contribution in [0.1, 0.15) is 31.2 Å². The summed E-state index contributed by atoms with van der Waals surface area (Å²) in [7, 11) is -3.44. The Morgan fingerprint density at radius 2 is 1.95 bits per heavy atom. The molecule has 2 atom stereocenters. The molecule has 4 nitrogen and oxygen atoms in total. The Labute approximate surface area is 129 Å². The Morgan fingerprint density at radius 1 is 1.29 bits per heavy atom. The predicted octanol–water partition coefficient (Wildman–Crippen LogP) is 2.18. The fraction of sp³-hybridized carbons (Fsp3) is 0.571. The lowest BCUT2D eigenvalue weighted by Crippen LogP contribution is -2.48. The van der Waals surface area contributed by atoms with Crippen molar-refractivity contribution < 1.29 is 12.8 Å². The van der Waals surface area contributed by atoms with Crippen LogP contribution in [0.5, 0.6) is 0 Å². The number of rotatable bonds is 4. The molecular formula is C14H18ClFN2O2S. The number of piperidine rings is 1. The van der Waals surface area contributed by atoms with Crippen LogP contribution in [0.4, 0.5) is 4.39 Å². The van der Waals surface area contributed by atoms with Gasteiger partial charge in [-0.25, -0.2) is 17.5 Å². The molecule has 21 heavy (non-hydrogen) atoms. The quantitative estimate of drug-likeness (QED) is 0.888. The van der Waals surface area contributed by atoms with Gasteiger partial charge < -0.3 is 5.32 Å². The van der Waals surface area contributed by atoms with Crippen LogP contribution >= 0.6 is 11.6 Å². The first-order chi connectivity index (χ1) is 9.91. The second-order valence-corrected chi connectivity index (χ2v) is 8.09. The maximum absolute atomic E-state index is 13.1. The molecule has 2 bridgehead atoms. The van der Waals surface area contributed by atoms with Gasteiger partial charge in [0.25, 0.3) is 0 Å². The van der Waals surface area contributed by atoms with Gasteiger partial charge in [0.1, 0.15) is 5.82 Å². The largest absolute Gasteiger partial charge is 0.311 e. The molecule has 0 saturated carbocycles. The number of hydrogen-bond donors (Lipinski definition) is 2. The molecule has 0 spiro atoms. The van der Waals surface area contributed by atoms with Crippen LogP contribution < -0.4 is 10.0 Å². The highest BCUT2D eigenvalue weighted by molar-refractivity contribution is 7.88. The molecule has 2 aliphatic heterocycles. The van der Waals surface area contributed by atoms with Crippen molar-refractivity contribution in [3.8, 4) is 0 Å². The fourth-order valence-corrected chi connectivity index (χ4v) is 4.90. The second-order valence-electron chi connectivity index (χ2n) is 5.93. The van der Waals surface area contributed by atoms with Crippen molar-refractivity contribution in [3.05, 3.63) is 34.6 Å². The standard InChI is InChI=1S/C14H18ClFN2O2S/c15-13-5-9(1-4-14(13)16)8-21(19,20)18-12-6-10-2-3-11(7-12)17-10/h1,4-5,10-12,17-18H,2-3,6-8H2. The molecule has 2 fully saturated rings. The molecule has 0 aliphatic carbocycles. The average molecular weight is 333 g/mol. The maximum Gasteiger partial charge on any atom is 0.216 e. The molecular weight excluding hydrogens is 315 g/mol. The smallest absolute Gasteiger partial charge is 0.216 e. The molecule has 2 unspecified atom stereocenters. The topological polar surface area (TPSA) is 58.2 Å². The van der Waals surface area contributed by atoms with Gasteiger partial charge in [0.05, 0.1) is 10.8 Å². The average Bonchev–Trinajstić information content (AvgIpc) is 2.72. The lowest BCUT2D eigenvalue weighted by Gasteiger charge is -2.29. The van der Waals surface area contributed by atoms with Crippen molar-refractivity contribution in [2.24, 2.45) is 0 Å². The van der Waals surface area contributed by atoms with E-state index in [-0.39, 0.29) is 16.8 Å². The van der Waals surface area contributed by atoms with Gasteiger partial charge in [-0.3, -0.25) is 0 Å². The summed E-state index contributed by atoms with van der Waals surface area (Å²) in [6.45, 7) is 0. The van der Waals surface area contributed by atoms with Gasteiger partial charge in [-0.2, -0.15) is 0 Å². The Bertz CT molecular complexity index is 626. The van der Waals surface area contributed by atoms with Gasteiger partial charge in [0.15, 0.2) is 0 Å². The number of benzene rings is 1. The van der Waals surface area contributed by atoms with Crippen LogP contribution in [0.2, 0.25) is 5.02 Å². The second kappa shape index (κ2) is 5.83. The Balaban J connectivity index is 1.65. The SMILES string of the molecule is O=S(=O)(Cc1ccc(F)c(Cl)c1)NC1CC2CCC(C1)N2. The van der Waals surface area contributed by atoms with Crippen LogP contribution in [-0.2, 0) is 15.8 Å². The van der Waals surface area contributed by atoms with Gasteiger partial charge in [0.2, 0.25) is 10.0 Å². The Hall–Kier alpha value is -0.690. The number of halogens is 2. The molecule has 2 N–H and O–H groups in total. The fourth-order valence-electron chi connectivity index (χ4n) is 3.30. The van der Waals surface area contributed by atoms with E-state index in [1.54, 1.807) is 0 Å². The van der Waals surface area contributed by atoms with Gasteiger partial charge in [-0.1, -0.05) is 17.7 Å². The summed E-state index contributed by atoms with van der Waals surface area (Å²) < 4.78 is 40.3. The summed E-state index contributed by atoms with van der Waals surface area (Å²) in [5.41, 5.74) is 0.491. The predicted molar refractivity (Wildman–Crippen MR) is 80.1 cm³/mol. The first-order valence-corrected chi connectivity index (χ1v) is 9.14.